The molecule has 0 spiro atoms. The summed E-state index contributed by atoms with van der Waals surface area (Å²) in [5.41, 5.74) is 3.76. The number of aliphatic imine (C=N–C) groups is 1. The summed E-state index contributed by atoms with van der Waals surface area (Å²) >= 11 is 7.34. The number of halogens is 1. The Morgan fingerprint density at radius 2 is 1.93 bits per heavy atom. The van der Waals surface area contributed by atoms with Crippen LogP contribution in [0.15, 0.2) is 46.3 Å². The van der Waals surface area contributed by atoms with Gasteiger partial charge in [0, 0.05) is 6.04 Å². The first-order chi connectivity index (χ1) is 12.8. The Morgan fingerprint density at radius 3 is 2.56 bits per heavy atom. The van der Waals surface area contributed by atoms with Gasteiger partial charge in [-0.1, -0.05) is 35.4 Å². The van der Waals surface area contributed by atoms with Gasteiger partial charge >= 0.3 is 0 Å². The van der Waals surface area contributed by atoms with Gasteiger partial charge in [-0.25, -0.2) is 0 Å². The second-order valence-corrected chi connectivity index (χ2v) is 8.17. The van der Waals surface area contributed by atoms with E-state index in [1.54, 1.807) is 23.1 Å². The molecule has 0 radical (unpaired) electrons. The third-order valence-corrected chi connectivity index (χ3v) is 5.32. The number of amidine groups is 1. The SMILES string of the molecule is Cc1ccc(N2C(=O)/C(=C/c3ccc(O)c(Cl)c3)SC2=NC(C)C)c(C)c1. The number of anilines is 1. The van der Waals surface area contributed by atoms with E-state index in [9.17, 15) is 9.90 Å². The number of aromatic hydroxyl groups is 1. The van der Waals surface area contributed by atoms with E-state index in [0.29, 0.717) is 10.1 Å². The van der Waals surface area contributed by atoms with Crippen molar-refractivity contribution in [1.29, 1.82) is 0 Å². The predicted octanol–water partition coefficient (Wildman–Crippen LogP) is 5.55. The van der Waals surface area contributed by atoms with Gasteiger partial charge in [0.05, 0.1) is 15.6 Å². The Hall–Kier alpha value is -2.24. The summed E-state index contributed by atoms with van der Waals surface area (Å²) in [6, 6.07) is 11.0. The van der Waals surface area contributed by atoms with Crippen molar-refractivity contribution >= 4 is 46.2 Å². The molecule has 140 valence electrons. The second-order valence-electron chi connectivity index (χ2n) is 6.76. The highest BCUT2D eigenvalue weighted by Gasteiger charge is 2.35. The van der Waals surface area contributed by atoms with E-state index in [4.69, 9.17) is 11.6 Å². The molecule has 0 atom stereocenters. The zero-order valence-corrected chi connectivity index (χ0v) is 17.2. The summed E-state index contributed by atoms with van der Waals surface area (Å²) in [5, 5.41) is 10.5. The average Bonchev–Trinajstić information content (AvgIpc) is 2.86. The molecule has 6 heteroatoms. The van der Waals surface area contributed by atoms with Crippen molar-refractivity contribution in [3.63, 3.8) is 0 Å². The van der Waals surface area contributed by atoms with E-state index in [2.05, 4.69) is 11.1 Å². The van der Waals surface area contributed by atoms with Crippen LogP contribution in [0.3, 0.4) is 0 Å². The largest absolute Gasteiger partial charge is 0.506 e. The number of hydrogen-bond donors (Lipinski definition) is 1. The van der Waals surface area contributed by atoms with E-state index < -0.39 is 0 Å². The third kappa shape index (κ3) is 4.20. The zero-order valence-electron chi connectivity index (χ0n) is 15.7. The topological polar surface area (TPSA) is 52.9 Å². The minimum Gasteiger partial charge on any atom is -0.506 e. The number of phenolic OH excluding ortho intramolecular Hbond substituents is 1. The number of hydrogen-bond acceptors (Lipinski definition) is 4. The molecular weight excluding hydrogens is 380 g/mol. The minimum absolute atomic E-state index is 0.0168. The van der Waals surface area contributed by atoms with Gasteiger partial charge in [0.2, 0.25) is 0 Å². The first-order valence-electron chi connectivity index (χ1n) is 8.64. The first-order valence-corrected chi connectivity index (χ1v) is 9.83. The van der Waals surface area contributed by atoms with E-state index in [-0.39, 0.29) is 22.7 Å². The van der Waals surface area contributed by atoms with Crippen LogP contribution in [0.2, 0.25) is 5.02 Å². The van der Waals surface area contributed by atoms with Crippen molar-refractivity contribution in [3.05, 3.63) is 63.0 Å². The fourth-order valence-corrected chi connectivity index (χ4v) is 4.11. The van der Waals surface area contributed by atoms with Crippen molar-refractivity contribution in [2.45, 2.75) is 33.7 Å². The summed E-state index contributed by atoms with van der Waals surface area (Å²) in [6.45, 7) is 7.99. The molecule has 2 aromatic carbocycles. The van der Waals surface area contributed by atoms with Crippen LogP contribution >= 0.6 is 23.4 Å². The maximum atomic E-state index is 13.2. The Morgan fingerprint density at radius 1 is 1.19 bits per heavy atom. The van der Waals surface area contributed by atoms with Gasteiger partial charge in [0.1, 0.15) is 5.75 Å². The maximum absolute atomic E-state index is 13.2. The van der Waals surface area contributed by atoms with Crippen LogP contribution in [0.1, 0.15) is 30.5 Å². The standard InChI is InChI=1S/C21H21ClN2O2S/c1-12(2)23-21-24(17-7-5-13(3)9-14(17)4)20(26)19(27-21)11-15-6-8-18(25)16(22)10-15/h5-12,25H,1-4H3/b19-11-,23-21?. The number of carbonyl (C=O) groups is 1. The number of rotatable bonds is 3. The smallest absolute Gasteiger partial charge is 0.271 e. The molecule has 2 aromatic rings. The molecule has 0 aromatic heterocycles. The number of amides is 1. The number of thioether (sulfide) groups is 1. The van der Waals surface area contributed by atoms with Gasteiger partial charge in [-0.05, 0) is 74.9 Å². The number of aryl methyl sites for hydroxylation is 2. The van der Waals surface area contributed by atoms with Crippen LogP contribution in [-0.4, -0.2) is 22.2 Å². The average molecular weight is 401 g/mol. The van der Waals surface area contributed by atoms with Gasteiger partial charge in [-0.2, -0.15) is 0 Å². The highest BCUT2D eigenvalue weighted by atomic mass is 35.5. The Bertz CT molecular complexity index is 967. The molecule has 1 amide bonds. The Kier molecular flexibility index (Phi) is 5.63. The summed E-state index contributed by atoms with van der Waals surface area (Å²) in [5.74, 6) is -0.0984. The molecule has 1 fully saturated rings. The molecule has 0 unspecified atom stereocenters. The maximum Gasteiger partial charge on any atom is 0.271 e. The van der Waals surface area contributed by atoms with Crippen LogP contribution in [0.4, 0.5) is 5.69 Å². The van der Waals surface area contributed by atoms with Gasteiger partial charge in [0.25, 0.3) is 5.91 Å². The van der Waals surface area contributed by atoms with Gasteiger partial charge < -0.3 is 5.11 Å². The van der Waals surface area contributed by atoms with Crippen molar-refractivity contribution in [2.24, 2.45) is 4.99 Å². The highest BCUT2D eigenvalue weighted by molar-refractivity contribution is 8.19. The van der Waals surface area contributed by atoms with Crippen molar-refractivity contribution in [1.82, 2.24) is 0 Å². The lowest BCUT2D eigenvalue weighted by molar-refractivity contribution is -0.113. The summed E-state index contributed by atoms with van der Waals surface area (Å²) in [7, 11) is 0. The predicted molar refractivity (Wildman–Crippen MR) is 115 cm³/mol. The molecule has 4 nitrogen and oxygen atoms in total. The lowest BCUT2D eigenvalue weighted by atomic mass is 10.1. The lowest BCUT2D eigenvalue weighted by Gasteiger charge is -2.19. The van der Waals surface area contributed by atoms with Crippen LogP contribution in [-0.2, 0) is 4.79 Å². The molecule has 0 aliphatic carbocycles. The summed E-state index contributed by atoms with van der Waals surface area (Å²) in [4.78, 5) is 20.1. The quantitative estimate of drug-likeness (QED) is 0.687. The summed E-state index contributed by atoms with van der Waals surface area (Å²) in [6.07, 6.45) is 1.78. The molecule has 1 aliphatic heterocycles. The Labute approximate surface area is 168 Å². The molecule has 27 heavy (non-hydrogen) atoms. The van der Waals surface area contributed by atoms with Gasteiger partial charge in [0.15, 0.2) is 5.17 Å². The number of nitrogens with zero attached hydrogens (tertiary/aromatic N) is 2. The van der Waals surface area contributed by atoms with Crippen LogP contribution in [0.25, 0.3) is 6.08 Å². The van der Waals surface area contributed by atoms with Gasteiger partial charge in [-0.15, -0.1) is 0 Å². The van der Waals surface area contributed by atoms with E-state index >= 15 is 0 Å². The van der Waals surface area contributed by atoms with Crippen molar-refractivity contribution in [2.75, 3.05) is 4.90 Å². The fraction of sp³-hybridized carbons (Fsp3) is 0.238. The van der Waals surface area contributed by atoms with Crippen molar-refractivity contribution in [3.8, 4) is 5.75 Å². The van der Waals surface area contributed by atoms with Gasteiger partial charge in [-0.3, -0.25) is 14.7 Å². The third-order valence-electron chi connectivity index (χ3n) is 4.04. The van der Waals surface area contributed by atoms with E-state index in [1.807, 2.05) is 39.8 Å². The van der Waals surface area contributed by atoms with E-state index in [0.717, 1.165) is 22.4 Å². The first kappa shape index (κ1) is 19.5. The van der Waals surface area contributed by atoms with Crippen molar-refractivity contribution < 1.29 is 9.90 Å². The second kappa shape index (κ2) is 7.79. The highest BCUT2D eigenvalue weighted by Crippen LogP contribution is 2.38. The van der Waals surface area contributed by atoms with E-state index in [1.165, 1.54) is 17.8 Å². The van der Waals surface area contributed by atoms with Crippen LogP contribution < -0.4 is 4.90 Å². The zero-order chi connectivity index (χ0) is 19.7. The fourth-order valence-electron chi connectivity index (χ4n) is 2.81. The lowest BCUT2D eigenvalue weighted by Crippen LogP contribution is -2.30. The Balaban J connectivity index is 2.06. The monoisotopic (exact) mass is 400 g/mol. The number of benzene rings is 2. The number of phenols is 1. The van der Waals surface area contributed by atoms with Crippen LogP contribution in [0.5, 0.6) is 5.75 Å². The molecule has 1 N–H and O–H groups in total. The van der Waals surface area contributed by atoms with Crippen LogP contribution in [0, 0.1) is 13.8 Å². The number of carbonyl (C=O) groups excluding carboxylic acids is 1. The molecule has 1 aliphatic rings. The molecule has 0 bridgehead atoms. The molecule has 3 rings (SSSR count). The minimum atomic E-state index is -0.115. The molecule has 1 heterocycles. The molecule has 1 saturated heterocycles. The summed E-state index contributed by atoms with van der Waals surface area (Å²) < 4.78 is 0. The molecular formula is C21H21ClN2O2S. The normalized spacial score (nSPS) is 17.6. The molecule has 0 saturated carbocycles.